The minimum atomic E-state index is -1.08. The monoisotopic (exact) mass is 399 g/mol. The number of hydrogen-bond donors (Lipinski definition) is 0. The molecule has 0 unspecified atom stereocenters. The first kappa shape index (κ1) is 20.6. The third-order valence-corrected chi connectivity index (χ3v) is 4.23. The third-order valence-electron chi connectivity index (χ3n) is 4.23. The molecule has 0 atom stereocenters. The van der Waals surface area contributed by atoms with Crippen LogP contribution in [0.4, 0.5) is 17.6 Å². The first-order valence-corrected chi connectivity index (χ1v) is 8.88. The van der Waals surface area contributed by atoms with Gasteiger partial charge in [0.1, 0.15) is 11.6 Å². The van der Waals surface area contributed by atoms with E-state index in [2.05, 4.69) is 16.8 Å². The third kappa shape index (κ3) is 5.21. The topological polar surface area (TPSA) is 22.1 Å². The Kier molecular flexibility index (Phi) is 6.63. The molecule has 29 heavy (non-hydrogen) atoms. The van der Waals surface area contributed by atoms with Crippen LogP contribution in [0.25, 0.3) is 11.3 Å². The molecule has 0 fully saturated rings. The van der Waals surface area contributed by atoms with Gasteiger partial charge in [0.15, 0.2) is 11.6 Å². The second-order valence-electron chi connectivity index (χ2n) is 6.34. The van der Waals surface area contributed by atoms with E-state index in [1.165, 1.54) is 6.07 Å². The highest BCUT2D eigenvalue weighted by molar-refractivity contribution is 5.61. The minimum absolute atomic E-state index is 0.109. The number of nitrogens with zero attached hydrogens (tertiary/aromatic N) is 1. The summed E-state index contributed by atoms with van der Waals surface area (Å²) >= 11 is 0. The predicted molar refractivity (Wildman–Crippen MR) is 102 cm³/mol. The number of hydrogen-bond acceptors (Lipinski definition) is 2. The van der Waals surface area contributed by atoms with E-state index < -0.39 is 28.8 Å². The van der Waals surface area contributed by atoms with E-state index >= 15 is 0 Å². The molecule has 0 radical (unpaired) electrons. The van der Waals surface area contributed by atoms with Crippen LogP contribution in [0, 0.1) is 35.1 Å². The maximum absolute atomic E-state index is 14.4. The lowest BCUT2D eigenvalue weighted by Crippen LogP contribution is -1.96. The van der Waals surface area contributed by atoms with Crippen molar-refractivity contribution >= 4 is 0 Å². The zero-order valence-corrected chi connectivity index (χ0v) is 15.6. The highest BCUT2D eigenvalue weighted by Gasteiger charge is 2.11. The Bertz CT molecular complexity index is 1050. The molecule has 0 aliphatic rings. The largest absolute Gasteiger partial charge is 0.385 e. The number of halogens is 4. The molecule has 1 heterocycles. The van der Waals surface area contributed by atoms with Crippen molar-refractivity contribution in [2.45, 2.75) is 12.8 Å². The van der Waals surface area contributed by atoms with Gasteiger partial charge in [-0.15, -0.1) is 0 Å². The van der Waals surface area contributed by atoms with Gasteiger partial charge in [-0.2, -0.15) is 0 Å². The van der Waals surface area contributed by atoms with E-state index in [1.807, 2.05) is 6.07 Å². The number of aromatic nitrogens is 1. The first-order chi connectivity index (χ1) is 14.0. The minimum Gasteiger partial charge on any atom is -0.385 e. The fourth-order valence-corrected chi connectivity index (χ4v) is 2.71. The lowest BCUT2D eigenvalue weighted by atomic mass is 10.1. The van der Waals surface area contributed by atoms with Crippen molar-refractivity contribution in [3.8, 4) is 23.1 Å². The Hall–Kier alpha value is -3.17. The van der Waals surface area contributed by atoms with Gasteiger partial charge in [0.05, 0.1) is 11.3 Å². The molecule has 0 aliphatic carbocycles. The van der Waals surface area contributed by atoms with Gasteiger partial charge in [0.25, 0.3) is 0 Å². The molecule has 3 aromatic rings. The standard InChI is InChI=1S/C23H17F4NO/c1-29-10-2-3-16-6-9-23(28-14-16)17-12-20(25)18(21(26)13-17)7-4-15-5-8-19(24)22(27)11-15/h5-6,8-9,11-14H,2-3,10H2,1H3. The maximum atomic E-state index is 14.4. The van der Waals surface area contributed by atoms with Crippen molar-refractivity contribution in [3.63, 3.8) is 0 Å². The van der Waals surface area contributed by atoms with Crippen LogP contribution in [-0.2, 0) is 11.2 Å². The smallest absolute Gasteiger partial charge is 0.160 e. The average molecular weight is 399 g/mol. The SMILES string of the molecule is COCCCc1ccc(-c2cc(F)c(C#Cc3ccc(F)c(F)c3)c(F)c2)nc1. The van der Waals surface area contributed by atoms with Crippen LogP contribution in [0.1, 0.15) is 23.1 Å². The lowest BCUT2D eigenvalue weighted by Gasteiger charge is -2.06. The Balaban J connectivity index is 1.82. The fourth-order valence-electron chi connectivity index (χ4n) is 2.71. The van der Waals surface area contributed by atoms with Crippen LogP contribution in [0.2, 0.25) is 0 Å². The van der Waals surface area contributed by atoms with Gasteiger partial charge >= 0.3 is 0 Å². The molecular weight excluding hydrogens is 382 g/mol. The van der Waals surface area contributed by atoms with E-state index in [0.717, 1.165) is 42.7 Å². The normalized spacial score (nSPS) is 10.5. The predicted octanol–water partition coefficient (Wildman–Crippen LogP) is 5.28. The van der Waals surface area contributed by atoms with Crippen LogP contribution in [0.5, 0.6) is 0 Å². The number of pyridine rings is 1. The van der Waals surface area contributed by atoms with Crippen molar-refractivity contribution in [1.29, 1.82) is 0 Å². The van der Waals surface area contributed by atoms with Gasteiger partial charge in [-0.05, 0) is 54.8 Å². The maximum Gasteiger partial charge on any atom is 0.160 e. The molecular formula is C23H17F4NO. The number of rotatable bonds is 5. The number of methoxy groups -OCH3 is 1. The molecule has 0 N–H and O–H groups in total. The Morgan fingerprint density at radius 3 is 2.24 bits per heavy atom. The number of aryl methyl sites for hydroxylation is 1. The average Bonchev–Trinajstić information content (AvgIpc) is 2.70. The van der Waals surface area contributed by atoms with Crippen molar-refractivity contribution in [2.75, 3.05) is 13.7 Å². The Morgan fingerprint density at radius 2 is 1.62 bits per heavy atom. The van der Waals surface area contributed by atoms with Crippen molar-refractivity contribution in [1.82, 2.24) is 4.98 Å². The molecule has 0 saturated carbocycles. The summed E-state index contributed by atoms with van der Waals surface area (Å²) in [6.07, 6.45) is 3.31. The molecule has 1 aromatic heterocycles. The second kappa shape index (κ2) is 9.35. The summed E-state index contributed by atoms with van der Waals surface area (Å²) in [6, 6.07) is 8.84. The van der Waals surface area contributed by atoms with E-state index in [1.54, 1.807) is 19.4 Å². The summed E-state index contributed by atoms with van der Waals surface area (Å²) < 4.78 is 60.0. The molecule has 0 saturated heterocycles. The van der Waals surface area contributed by atoms with Crippen molar-refractivity contribution in [2.24, 2.45) is 0 Å². The molecule has 0 spiro atoms. The van der Waals surface area contributed by atoms with Crippen LogP contribution in [0.15, 0.2) is 48.7 Å². The van der Waals surface area contributed by atoms with Gasteiger partial charge in [0, 0.05) is 31.0 Å². The Morgan fingerprint density at radius 1 is 0.862 bits per heavy atom. The quantitative estimate of drug-likeness (QED) is 0.331. The van der Waals surface area contributed by atoms with Gasteiger partial charge in [-0.1, -0.05) is 17.9 Å². The molecule has 0 amide bonds. The molecule has 2 aromatic carbocycles. The molecule has 0 bridgehead atoms. The highest BCUT2D eigenvalue weighted by atomic mass is 19.2. The summed E-state index contributed by atoms with van der Waals surface area (Å²) in [5, 5.41) is 0. The van der Waals surface area contributed by atoms with Crippen LogP contribution in [0.3, 0.4) is 0 Å². The molecule has 0 aliphatic heterocycles. The lowest BCUT2D eigenvalue weighted by molar-refractivity contribution is 0.195. The first-order valence-electron chi connectivity index (χ1n) is 8.88. The van der Waals surface area contributed by atoms with Crippen LogP contribution < -0.4 is 0 Å². The second-order valence-corrected chi connectivity index (χ2v) is 6.34. The van der Waals surface area contributed by atoms with Gasteiger partial charge in [0.2, 0.25) is 0 Å². The summed E-state index contributed by atoms with van der Waals surface area (Å²) in [5.41, 5.74) is 1.37. The molecule has 148 valence electrons. The number of benzene rings is 2. The molecule has 6 heteroatoms. The summed E-state index contributed by atoms with van der Waals surface area (Å²) in [4.78, 5) is 4.26. The van der Waals surface area contributed by atoms with Gasteiger partial charge < -0.3 is 4.74 Å². The van der Waals surface area contributed by atoms with Gasteiger partial charge in [-0.25, -0.2) is 17.6 Å². The molecule has 2 nitrogen and oxygen atoms in total. The highest BCUT2D eigenvalue weighted by Crippen LogP contribution is 2.23. The van der Waals surface area contributed by atoms with Crippen LogP contribution in [-0.4, -0.2) is 18.7 Å². The summed E-state index contributed by atoms with van der Waals surface area (Å²) in [6.45, 7) is 0.644. The van der Waals surface area contributed by atoms with E-state index in [4.69, 9.17) is 4.74 Å². The van der Waals surface area contributed by atoms with Gasteiger partial charge in [-0.3, -0.25) is 4.98 Å². The number of ether oxygens (including phenoxy) is 1. The summed E-state index contributed by atoms with van der Waals surface area (Å²) in [5.74, 6) is 0.960. The van der Waals surface area contributed by atoms with E-state index in [0.29, 0.717) is 12.3 Å². The van der Waals surface area contributed by atoms with Crippen LogP contribution >= 0.6 is 0 Å². The van der Waals surface area contributed by atoms with E-state index in [-0.39, 0.29) is 11.1 Å². The van der Waals surface area contributed by atoms with Crippen molar-refractivity contribution in [3.05, 3.63) is 88.6 Å². The van der Waals surface area contributed by atoms with Crippen molar-refractivity contribution < 1.29 is 22.3 Å². The zero-order chi connectivity index (χ0) is 20.8. The zero-order valence-electron chi connectivity index (χ0n) is 15.6. The van der Waals surface area contributed by atoms with E-state index in [9.17, 15) is 17.6 Å². The Labute approximate surface area is 166 Å². The fraction of sp³-hybridized carbons (Fsp3) is 0.174. The molecule has 3 rings (SSSR count). The summed E-state index contributed by atoms with van der Waals surface area (Å²) in [7, 11) is 1.64.